The zero-order chi connectivity index (χ0) is 13.3. The Morgan fingerprint density at radius 1 is 1.33 bits per heavy atom. The van der Waals surface area contributed by atoms with Gasteiger partial charge in [-0.2, -0.15) is 0 Å². The number of carbonyl (C=O) groups is 1. The van der Waals surface area contributed by atoms with Crippen LogP contribution in [-0.2, 0) is 4.74 Å². The summed E-state index contributed by atoms with van der Waals surface area (Å²) in [4.78, 5) is 14.0. The van der Waals surface area contributed by atoms with Gasteiger partial charge in [-0.05, 0) is 46.6 Å². The predicted molar refractivity (Wildman–Crippen MR) is 67.3 cm³/mol. The summed E-state index contributed by atoms with van der Waals surface area (Å²) in [5, 5.41) is 3.24. The predicted octanol–water partition coefficient (Wildman–Crippen LogP) is 2.09. The number of ether oxygens (including phenoxy) is 1. The summed E-state index contributed by atoms with van der Waals surface area (Å²) in [6.45, 7) is 7.26. The van der Waals surface area contributed by atoms with E-state index in [1.807, 2.05) is 20.8 Å². The molecule has 1 atom stereocenters. The van der Waals surface area contributed by atoms with Crippen molar-refractivity contribution in [1.82, 2.24) is 10.2 Å². The fraction of sp³-hybridized carbons (Fsp3) is 0.923. The van der Waals surface area contributed by atoms with E-state index in [4.69, 9.17) is 4.74 Å². The Kier molecular flexibility index (Phi) is 3.80. The van der Waals surface area contributed by atoms with Crippen molar-refractivity contribution < 1.29 is 13.9 Å². The second-order valence-corrected chi connectivity index (χ2v) is 6.26. The maximum absolute atomic E-state index is 13.0. The van der Waals surface area contributed by atoms with Crippen molar-refractivity contribution in [3.05, 3.63) is 0 Å². The zero-order valence-electron chi connectivity index (χ0n) is 11.4. The molecular formula is C13H23FN2O2. The van der Waals surface area contributed by atoms with Crippen molar-refractivity contribution in [3.8, 4) is 0 Å². The molecule has 18 heavy (non-hydrogen) atoms. The minimum Gasteiger partial charge on any atom is -0.444 e. The van der Waals surface area contributed by atoms with Gasteiger partial charge < -0.3 is 15.0 Å². The molecule has 1 saturated heterocycles. The van der Waals surface area contributed by atoms with E-state index >= 15 is 0 Å². The molecule has 2 aliphatic rings. The molecule has 5 heteroatoms. The lowest BCUT2D eigenvalue weighted by Gasteiger charge is -2.42. The SMILES string of the molecule is CC(C)(C)OC(=O)N(C1CCNC1)[C@H]1C[C@H](F)C1. The van der Waals surface area contributed by atoms with Crippen molar-refractivity contribution in [2.45, 2.75) is 63.9 Å². The Morgan fingerprint density at radius 2 is 2.00 bits per heavy atom. The molecule has 0 radical (unpaired) electrons. The average Bonchev–Trinajstić information content (AvgIpc) is 2.65. The van der Waals surface area contributed by atoms with Crippen LogP contribution in [0.25, 0.3) is 0 Å². The highest BCUT2D eigenvalue weighted by molar-refractivity contribution is 5.69. The second kappa shape index (κ2) is 5.03. The molecule has 0 bridgehead atoms. The van der Waals surface area contributed by atoms with E-state index < -0.39 is 11.8 Å². The topological polar surface area (TPSA) is 41.6 Å². The largest absolute Gasteiger partial charge is 0.444 e. The number of alkyl halides is 1. The van der Waals surface area contributed by atoms with Crippen LogP contribution in [0.4, 0.5) is 9.18 Å². The lowest BCUT2D eigenvalue weighted by molar-refractivity contribution is -0.0180. The van der Waals surface area contributed by atoms with Gasteiger partial charge >= 0.3 is 6.09 Å². The van der Waals surface area contributed by atoms with E-state index in [2.05, 4.69) is 5.32 Å². The summed E-state index contributed by atoms with van der Waals surface area (Å²) >= 11 is 0. The Hall–Kier alpha value is -0.840. The van der Waals surface area contributed by atoms with Crippen LogP contribution < -0.4 is 5.32 Å². The van der Waals surface area contributed by atoms with Crippen LogP contribution >= 0.6 is 0 Å². The first kappa shape index (κ1) is 13.6. The molecule has 2 rings (SSSR count). The Balaban J connectivity index is 2.01. The molecule has 1 aliphatic heterocycles. The summed E-state index contributed by atoms with van der Waals surface area (Å²) in [5.41, 5.74) is -0.500. The first-order chi connectivity index (χ1) is 8.37. The molecule has 1 heterocycles. The highest BCUT2D eigenvalue weighted by Gasteiger charge is 2.42. The Bertz CT molecular complexity index is 305. The van der Waals surface area contributed by atoms with Gasteiger partial charge in [0.2, 0.25) is 0 Å². The van der Waals surface area contributed by atoms with Crippen molar-refractivity contribution in [1.29, 1.82) is 0 Å². The summed E-state index contributed by atoms with van der Waals surface area (Å²) in [6, 6.07) is 0.164. The van der Waals surface area contributed by atoms with Crippen LogP contribution in [0, 0.1) is 0 Å². The van der Waals surface area contributed by atoms with Crippen LogP contribution in [0.15, 0.2) is 0 Å². The number of hydrogen-bond donors (Lipinski definition) is 1. The van der Waals surface area contributed by atoms with Gasteiger partial charge in [0, 0.05) is 18.6 Å². The third-order valence-corrected chi connectivity index (χ3v) is 3.48. The molecule has 1 amide bonds. The maximum Gasteiger partial charge on any atom is 0.410 e. The normalized spacial score (nSPS) is 31.9. The molecular weight excluding hydrogens is 235 g/mol. The molecule has 0 aromatic carbocycles. The third kappa shape index (κ3) is 3.13. The van der Waals surface area contributed by atoms with Gasteiger partial charge in [0.1, 0.15) is 11.8 Å². The van der Waals surface area contributed by atoms with E-state index in [9.17, 15) is 9.18 Å². The van der Waals surface area contributed by atoms with Gasteiger partial charge in [-0.25, -0.2) is 9.18 Å². The number of amides is 1. The van der Waals surface area contributed by atoms with Crippen molar-refractivity contribution in [2.75, 3.05) is 13.1 Å². The third-order valence-electron chi connectivity index (χ3n) is 3.48. The number of rotatable bonds is 2. The molecule has 104 valence electrons. The Labute approximate surface area is 108 Å². The molecule has 2 fully saturated rings. The molecule has 0 spiro atoms. The zero-order valence-corrected chi connectivity index (χ0v) is 11.4. The number of nitrogens with one attached hydrogen (secondary N) is 1. The first-order valence-corrected chi connectivity index (χ1v) is 6.73. The van der Waals surface area contributed by atoms with Gasteiger partial charge in [-0.15, -0.1) is 0 Å². The van der Waals surface area contributed by atoms with Crippen molar-refractivity contribution in [2.24, 2.45) is 0 Å². The van der Waals surface area contributed by atoms with E-state index in [1.54, 1.807) is 4.90 Å². The molecule has 0 aromatic rings. The van der Waals surface area contributed by atoms with Crippen LogP contribution in [-0.4, -0.2) is 47.9 Å². The van der Waals surface area contributed by atoms with Crippen LogP contribution in [0.3, 0.4) is 0 Å². The van der Waals surface area contributed by atoms with Crippen LogP contribution in [0.1, 0.15) is 40.0 Å². The van der Waals surface area contributed by atoms with E-state index in [0.717, 1.165) is 19.5 Å². The molecule has 1 saturated carbocycles. The highest BCUT2D eigenvalue weighted by Crippen LogP contribution is 2.32. The lowest BCUT2D eigenvalue weighted by atomic mass is 9.88. The van der Waals surface area contributed by atoms with Crippen LogP contribution in [0.5, 0.6) is 0 Å². The summed E-state index contributed by atoms with van der Waals surface area (Å²) in [5.74, 6) is 0. The van der Waals surface area contributed by atoms with E-state index in [0.29, 0.717) is 12.8 Å². The highest BCUT2D eigenvalue weighted by atomic mass is 19.1. The fourth-order valence-corrected chi connectivity index (χ4v) is 2.54. The summed E-state index contributed by atoms with van der Waals surface area (Å²) in [6.07, 6.45) is 0.778. The number of carbonyl (C=O) groups excluding carboxylic acids is 1. The fourth-order valence-electron chi connectivity index (χ4n) is 2.54. The molecule has 1 N–H and O–H groups in total. The quantitative estimate of drug-likeness (QED) is 0.824. The minimum atomic E-state index is -0.755. The lowest BCUT2D eigenvalue weighted by Crippen LogP contribution is -2.55. The smallest absolute Gasteiger partial charge is 0.410 e. The van der Waals surface area contributed by atoms with Gasteiger partial charge in [0.05, 0.1) is 0 Å². The van der Waals surface area contributed by atoms with E-state index in [-0.39, 0.29) is 18.2 Å². The number of halogens is 1. The average molecular weight is 258 g/mol. The minimum absolute atomic E-state index is 0.0137. The molecule has 1 unspecified atom stereocenters. The molecule has 1 aliphatic carbocycles. The van der Waals surface area contributed by atoms with E-state index in [1.165, 1.54) is 0 Å². The van der Waals surface area contributed by atoms with Crippen molar-refractivity contribution >= 4 is 6.09 Å². The van der Waals surface area contributed by atoms with Crippen LogP contribution in [0.2, 0.25) is 0 Å². The second-order valence-electron chi connectivity index (χ2n) is 6.26. The van der Waals surface area contributed by atoms with Gasteiger partial charge in [-0.1, -0.05) is 0 Å². The van der Waals surface area contributed by atoms with Gasteiger partial charge in [-0.3, -0.25) is 0 Å². The molecule has 0 aromatic heterocycles. The Morgan fingerprint density at radius 3 is 2.44 bits per heavy atom. The number of nitrogens with zero attached hydrogens (tertiary/aromatic N) is 1. The molecule has 4 nitrogen and oxygen atoms in total. The maximum atomic E-state index is 13.0. The standard InChI is InChI=1S/C13H23FN2O2/c1-13(2,3)18-12(17)16(10-4-5-15-8-10)11-6-9(14)7-11/h9-11,15H,4-8H2,1-3H3/t9-,10?,11-. The van der Waals surface area contributed by atoms with Crippen molar-refractivity contribution in [3.63, 3.8) is 0 Å². The van der Waals surface area contributed by atoms with Gasteiger partial charge in [0.25, 0.3) is 0 Å². The van der Waals surface area contributed by atoms with Gasteiger partial charge in [0.15, 0.2) is 0 Å². The summed E-state index contributed by atoms with van der Waals surface area (Å²) in [7, 11) is 0. The summed E-state index contributed by atoms with van der Waals surface area (Å²) < 4.78 is 18.5. The number of hydrogen-bond acceptors (Lipinski definition) is 3. The first-order valence-electron chi connectivity index (χ1n) is 6.73. The monoisotopic (exact) mass is 258 g/mol.